The van der Waals surface area contributed by atoms with Crippen molar-refractivity contribution in [1.82, 2.24) is 9.80 Å². The predicted octanol–water partition coefficient (Wildman–Crippen LogP) is 1.94. The molecule has 2 amide bonds. The van der Waals surface area contributed by atoms with Gasteiger partial charge in [-0.3, -0.25) is 13.9 Å². The van der Waals surface area contributed by atoms with Gasteiger partial charge in [-0.25, -0.2) is 8.42 Å². The summed E-state index contributed by atoms with van der Waals surface area (Å²) in [5.41, 5.74) is 0.409. The van der Waals surface area contributed by atoms with Crippen molar-refractivity contribution in [3.8, 4) is 0 Å². The molecule has 1 heterocycles. The van der Waals surface area contributed by atoms with E-state index in [1.807, 2.05) is 0 Å². The summed E-state index contributed by atoms with van der Waals surface area (Å²) in [6, 6.07) is 14.8. The van der Waals surface area contributed by atoms with Gasteiger partial charge in [0.15, 0.2) is 0 Å². The molecular weight excluding hydrogens is 446 g/mol. The zero-order chi connectivity index (χ0) is 20.1. The molecule has 9 heteroatoms. The van der Waals surface area contributed by atoms with Gasteiger partial charge in [-0.05, 0) is 36.4 Å². The van der Waals surface area contributed by atoms with E-state index in [9.17, 15) is 18.0 Å². The number of benzene rings is 2. The largest absolute Gasteiger partial charge is 0.342 e. The molecule has 1 aliphatic heterocycles. The summed E-state index contributed by atoms with van der Waals surface area (Å²) < 4.78 is 28.4. The van der Waals surface area contributed by atoms with Crippen molar-refractivity contribution in [3.63, 3.8) is 0 Å². The summed E-state index contributed by atoms with van der Waals surface area (Å²) >= 11 is 3.34. The predicted molar refractivity (Wildman–Crippen MR) is 109 cm³/mol. The first-order valence-electron chi connectivity index (χ1n) is 8.72. The lowest BCUT2D eigenvalue weighted by atomic mass is 10.3. The van der Waals surface area contributed by atoms with Crippen molar-refractivity contribution in [3.05, 3.63) is 59.1 Å². The molecule has 3 rings (SSSR count). The van der Waals surface area contributed by atoms with Crippen LogP contribution in [0.3, 0.4) is 0 Å². The number of anilines is 1. The smallest absolute Gasteiger partial charge is 0.264 e. The molecule has 2 aromatic carbocycles. The number of amides is 2. The maximum Gasteiger partial charge on any atom is 0.264 e. The lowest BCUT2D eigenvalue weighted by Crippen LogP contribution is -2.51. The van der Waals surface area contributed by atoms with Crippen molar-refractivity contribution < 1.29 is 18.0 Å². The van der Waals surface area contributed by atoms with E-state index in [4.69, 9.17) is 0 Å². The highest BCUT2D eigenvalue weighted by Gasteiger charge is 2.30. The normalized spacial score (nSPS) is 14.6. The Balaban J connectivity index is 1.88. The van der Waals surface area contributed by atoms with Crippen LogP contribution in [-0.4, -0.2) is 63.3 Å². The Hall–Kier alpha value is -2.39. The minimum atomic E-state index is -3.91. The fraction of sp³-hybridized carbons (Fsp3) is 0.263. The molecule has 1 saturated heterocycles. The van der Waals surface area contributed by atoms with Crippen LogP contribution < -0.4 is 4.31 Å². The van der Waals surface area contributed by atoms with E-state index in [-0.39, 0.29) is 17.3 Å². The second-order valence-electron chi connectivity index (χ2n) is 6.32. The quantitative estimate of drug-likeness (QED) is 0.610. The molecule has 0 spiro atoms. The number of hydrogen-bond acceptors (Lipinski definition) is 4. The van der Waals surface area contributed by atoms with Crippen LogP contribution in [-0.2, 0) is 19.6 Å². The van der Waals surface area contributed by atoms with E-state index < -0.39 is 10.0 Å². The van der Waals surface area contributed by atoms with Gasteiger partial charge in [-0.1, -0.05) is 34.1 Å². The first-order valence-corrected chi connectivity index (χ1v) is 11.0. The SMILES string of the molecule is O=CN1CCN(C(=O)CN(c2ccc(Br)cc2)S(=O)(=O)c2ccccc2)CC1. The molecule has 0 atom stereocenters. The highest BCUT2D eigenvalue weighted by Crippen LogP contribution is 2.25. The number of halogens is 1. The molecular formula is C19H20BrN3O4S. The maximum absolute atomic E-state index is 13.2. The van der Waals surface area contributed by atoms with Crippen molar-refractivity contribution in [2.45, 2.75) is 4.90 Å². The Labute approximate surface area is 172 Å². The Bertz CT molecular complexity index is 927. The first kappa shape index (κ1) is 20.3. The number of carbonyl (C=O) groups is 2. The van der Waals surface area contributed by atoms with Crippen molar-refractivity contribution in [2.24, 2.45) is 0 Å². The number of nitrogens with zero attached hydrogens (tertiary/aromatic N) is 3. The van der Waals surface area contributed by atoms with Crippen LogP contribution >= 0.6 is 15.9 Å². The zero-order valence-corrected chi connectivity index (χ0v) is 17.5. The third-order valence-electron chi connectivity index (χ3n) is 4.54. The molecule has 0 unspecified atom stereocenters. The number of carbonyl (C=O) groups excluding carboxylic acids is 2. The van der Waals surface area contributed by atoms with E-state index in [0.29, 0.717) is 31.9 Å². The summed E-state index contributed by atoms with van der Waals surface area (Å²) in [6.45, 7) is 1.35. The van der Waals surface area contributed by atoms with E-state index >= 15 is 0 Å². The minimum Gasteiger partial charge on any atom is -0.342 e. The van der Waals surface area contributed by atoms with Crippen LogP contribution in [0, 0.1) is 0 Å². The molecule has 0 N–H and O–H groups in total. The maximum atomic E-state index is 13.2. The van der Waals surface area contributed by atoms with Crippen LogP contribution in [0.1, 0.15) is 0 Å². The van der Waals surface area contributed by atoms with Crippen molar-refractivity contribution in [2.75, 3.05) is 37.0 Å². The molecule has 1 aliphatic rings. The van der Waals surface area contributed by atoms with Gasteiger partial charge < -0.3 is 9.80 Å². The highest BCUT2D eigenvalue weighted by molar-refractivity contribution is 9.10. The Morgan fingerprint density at radius 2 is 1.61 bits per heavy atom. The molecule has 2 aromatic rings. The summed E-state index contributed by atoms with van der Waals surface area (Å²) in [4.78, 5) is 27.0. The van der Waals surface area contributed by atoms with Crippen LogP contribution in [0.4, 0.5) is 5.69 Å². The van der Waals surface area contributed by atoms with Gasteiger partial charge in [0.25, 0.3) is 10.0 Å². The molecule has 1 fully saturated rings. The lowest BCUT2D eigenvalue weighted by molar-refractivity contribution is -0.133. The van der Waals surface area contributed by atoms with Gasteiger partial charge >= 0.3 is 0 Å². The van der Waals surface area contributed by atoms with Gasteiger partial charge in [-0.15, -0.1) is 0 Å². The van der Waals surface area contributed by atoms with E-state index in [1.165, 1.54) is 12.1 Å². The molecule has 0 saturated carbocycles. The molecule has 7 nitrogen and oxygen atoms in total. The first-order chi connectivity index (χ1) is 13.4. The number of sulfonamides is 1. The number of rotatable bonds is 6. The van der Waals surface area contributed by atoms with Crippen LogP contribution in [0.2, 0.25) is 0 Å². The van der Waals surface area contributed by atoms with Crippen LogP contribution in [0.5, 0.6) is 0 Å². The fourth-order valence-electron chi connectivity index (χ4n) is 2.94. The van der Waals surface area contributed by atoms with Gasteiger partial charge in [0.2, 0.25) is 12.3 Å². The lowest BCUT2D eigenvalue weighted by Gasteiger charge is -2.34. The molecule has 148 valence electrons. The third-order valence-corrected chi connectivity index (χ3v) is 6.86. The van der Waals surface area contributed by atoms with Crippen LogP contribution in [0.25, 0.3) is 0 Å². The summed E-state index contributed by atoms with van der Waals surface area (Å²) in [5, 5.41) is 0. The van der Waals surface area contributed by atoms with Gasteiger partial charge in [0.05, 0.1) is 10.6 Å². The standard InChI is InChI=1S/C19H20BrN3O4S/c20-16-6-8-17(9-7-16)23(28(26,27)18-4-2-1-3-5-18)14-19(25)22-12-10-21(15-24)11-13-22/h1-9,15H,10-14H2. The average molecular weight is 466 g/mol. The molecule has 28 heavy (non-hydrogen) atoms. The molecule has 0 bridgehead atoms. The highest BCUT2D eigenvalue weighted by atomic mass is 79.9. The minimum absolute atomic E-state index is 0.122. The average Bonchev–Trinajstić information content (AvgIpc) is 2.73. The van der Waals surface area contributed by atoms with E-state index in [0.717, 1.165) is 15.2 Å². The Kier molecular flexibility index (Phi) is 6.35. The summed E-state index contributed by atoms with van der Waals surface area (Å²) in [6.07, 6.45) is 0.760. The number of piperazine rings is 1. The zero-order valence-electron chi connectivity index (χ0n) is 15.1. The fourth-order valence-corrected chi connectivity index (χ4v) is 4.64. The van der Waals surface area contributed by atoms with E-state index in [2.05, 4.69) is 15.9 Å². The van der Waals surface area contributed by atoms with Gasteiger partial charge in [0, 0.05) is 30.7 Å². The molecule has 0 radical (unpaired) electrons. The summed E-state index contributed by atoms with van der Waals surface area (Å²) in [5.74, 6) is -0.298. The second kappa shape index (κ2) is 8.74. The summed E-state index contributed by atoms with van der Waals surface area (Å²) in [7, 11) is -3.91. The topological polar surface area (TPSA) is 78.0 Å². The Morgan fingerprint density at radius 3 is 2.18 bits per heavy atom. The Morgan fingerprint density at radius 1 is 1.00 bits per heavy atom. The molecule has 0 aromatic heterocycles. The van der Waals surface area contributed by atoms with E-state index in [1.54, 1.807) is 52.3 Å². The second-order valence-corrected chi connectivity index (χ2v) is 9.10. The molecule has 0 aliphatic carbocycles. The van der Waals surface area contributed by atoms with Crippen LogP contribution in [0.15, 0.2) is 64.0 Å². The van der Waals surface area contributed by atoms with Gasteiger partial charge in [-0.2, -0.15) is 0 Å². The monoisotopic (exact) mass is 465 g/mol. The van der Waals surface area contributed by atoms with Crippen molar-refractivity contribution >= 4 is 44.0 Å². The van der Waals surface area contributed by atoms with Gasteiger partial charge in [0.1, 0.15) is 6.54 Å². The van der Waals surface area contributed by atoms with Crippen molar-refractivity contribution in [1.29, 1.82) is 0 Å². The third kappa shape index (κ3) is 4.53. The number of hydrogen-bond donors (Lipinski definition) is 0.